The molecule has 148 heavy (non-hydrogen) atoms. The number of carbonyl (C=O) groups excluding carboxylic acids is 10. The summed E-state index contributed by atoms with van der Waals surface area (Å²) in [5, 5.41) is 24.8. The molecule has 0 spiro atoms. The van der Waals surface area contributed by atoms with Crippen LogP contribution in [0.25, 0.3) is 0 Å². The minimum absolute atomic E-state index is 0.00405. The number of ketones is 3. The third kappa shape index (κ3) is 19.4. The van der Waals surface area contributed by atoms with Gasteiger partial charge in [-0.15, -0.1) is 0 Å². The minimum Gasteiger partial charge on any atom is -0.453 e. The van der Waals surface area contributed by atoms with Gasteiger partial charge in [-0.3, -0.25) is 38.4 Å². The van der Waals surface area contributed by atoms with Crippen LogP contribution in [0.1, 0.15) is 249 Å². The highest BCUT2D eigenvalue weighted by Crippen LogP contribution is 2.74. The molecule has 798 valence electrons. The first-order valence-electron chi connectivity index (χ1n) is 55.9. The van der Waals surface area contributed by atoms with Crippen LogP contribution >= 0.6 is 0 Å². The Morgan fingerprint density at radius 1 is 0.365 bits per heavy atom. The van der Waals surface area contributed by atoms with Gasteiger partial charge in [0.25, 0.3) is 0 Å². The summed E-state index contributed by atoms with van der Waals surface area (Å²) in [5.41, 5.74) is 4.04. The smallest absolute Gasteiger partial charge is 0.407 e. The molecule has 0 aromatic heterocycles. The maximum absolute atomic E-state index is 13.8. The van der Waals surface area contributed by atoms with E-state index in [1.54, 1.807) is 35.5 Å². The van der Waals surface area contributed by atoms with E-state index < -0.39 is 34.4 Å². The monoisotopic (exact) mass is 2050 g/mol. The molecule has 5 aromatic rings. The summed E-state index contributed by atoms with van der Waals surface area (Å²) in [5.74, 6) is 12.1. The molecule has 24 nitrogen and oxygen atoms in total. The Morgan fingerprint density at radius 2 is 0.655 bits per heavy atom. The van der Waals surface area contributed by atoms with Crippen LogP contribution in [0.2, 0.25) is 0 Å². The number of aliphatic hydroxyl groups is 2. The fraction of sp³-hybridized carbons (Fsp3) is 0.667. The maximum Gasteiger partial charge on any atom is 0.407 e. The van der Waals surface area contributed by atoms with Gasteiger partial charge in [-0.05, 0) is 362 Å². The van der Waals surface area contributed by atoms with Crippen molar-refractivity contribution in [1.29, 1.82) is 0 Å². The normalized spacial score (nSPS) is 37.6. The fourth-order valence-electron chi connectivity index (χ4n) is 36.2. The molecule has 5 N–H and O–H groups in total. The zero-order valence-corrected chi connectivity index (χ0v) is 88.5. The van der Waals surface area contributed by atoms with Crippen molar-refractivity contribution in [3.63, 3.8) is 0 Å². The number of alkyl carbamates (subject to hydrolysis) is 2. The van der Waals surface area contributed by atoms with E-state index in [-0.39, 0.29) is 156 Å². The number of likely N-dealkylation sites (tertiary alicyclic amines) is 5. The number of benzene rings is 5. The lowest BCUT2D eigenvalue weighted by Gasteiger charge is -2.65. The summed E-state index contributed by atoms with van der Waals surface area (Å²) in [6.07, 6.45) is 27.7. The number of Topliss-reactive ketones (excluding diaryl/α,β-unsaturated/α-hetero) is 3. The van der Waals surface area contributed by atoms with Crippen LogP contribution in [-0.2, 0) is 87.1 Å². The highest BCUT2D eigenvalue weighted by atomic mass is 32.2. The van der Waals surface area contributed by atoms with E-state index in [4.69, 9.17) is 4.74 Å². The van der Waals surface area contributed by atoms with Crippen molar-refractivity contribution in [3.05, 3.63) is 179 Å². The van der Waals surface area contributed by atoms with E-state index in [0.29, 0.717) is 139 Å². The van der Waals surface area contributed by atoms with Crippen molar-refractivity contribution in [2.45, 2.75) is 281 Å². The first-order valence-corrected chi connectivity index (χ1v) is 57.8. The van der Waals surface area contributed by atoms with Crippen molar-refractivity contribution < 1.29 is 89.2 Å². The van der Waals surface area contributed by atoms with Crippen LogP contribution in [-0.4, -0.2) is 211 Å². The number of halogens is 3. The summed E-state index contributed by atoms with van der Waals surface area (Å²) >= 11 is 0. The van der Waals surface area contributed by atoms with Gasteiger partial charge in [-0.1, -0.05) is 118 Å². The summed E-state index contributed by atoms with van der Waals surface area (Å²) in [6, 6.07) is 40.3. The van der Waals surface area contributed by atoms with Crippen molar-refractivity contribution in [2.75, 3.05) is 78.8 Å². The second kappa shape index (κ2) is 40.3. The van der Waals surface area contributed by atoms with Crippen LogP contribution in [0.5, 0.6) is 0 Å². The van der Waals surface area contributed by atoms with Crippen LogP contribution < -0.4 is 15.4 Å². The summed E-state index contributed by atoms with van der Waals surface area (Å²) in [6.45, 7) is 17.6. The molecule has 5 heterocycles. The Balaban J connectivity index is 0.000000108. The number of nitrogens with one attached hydrogen (secondary N) is 3. The zero-order chi connectivity index (χ0) is 104. The highest BCUT2D eigenvalue weighted by molar-refractivity contribution is 7.88. The van der Waals surface area contributed by atoms with Gasteiger partial charge in [0.2, 0.25) is 39.6 Å². The van der Waals surface area contributed by atoms with Crippen molar-refractivity contribution >= 4 is 69.1 Å². The van der Waals surface area contributed by atoms with Gasteiger partial charge in [0.1, 0.15) is 41.4 Å². The molecule has 25 fully saturated rings. The summed E-state index contributed by atoms with van der Waals surface area (Å²) in [7, 11) is -1.90. The molecule has 5 aromatic carbocycles. The first kappa shape index (κ1) is 104. The topological polar surface area (TPSA) is 316 Å². The van der Waals surface area contributed by atoms with Crippen LogP contribution in [0, 0.1) is 157 Å². The molecule has 5 aliphatic heterocycles. The molecular weight excluding hydrogens is 1900 g/mol. The van der Waals surface area contributed by atoms with Gasteiger partial charge >= 0.3 is 12.2 Å². The number of amides is 7. The number of sulfonamides is 1. The molecule has 28 heteroatoms. The van der Waals surface area contributed by atoms with E-state index in [0.717, 1.165) is 172 Å². The zero-order valence-electron chi connectivity index (χ0n) is 87.7. The number of carbonyl (C=O) groups is 10. The average Bonchev–Trinajstić information content (AvgIpc) is 0.702. The molecular formula is C120H155F3N8O16S. The summed E-state index contributed by atoms with van der Waals surface area (Å²) < 4.78 is 76.6. The maximum atomic E-state index is 13.8. The largest absolute Gasteiger partial charge is 0.453 e. The molecule has 20 saturated carbocycles. The van der Waals surface area contributed by atoms with E-state index >= 15 is 0 Å². The number of rotatable bonds is 24. The van der Waals surface area contributed by atoms with Crippen LogP contribution in [0.3, 0.4) is 0 Å². The predicted octanol–water partition coefficient (Wildman–Crippen LogP) is 16.9. The Hall–Kier alpha value is -9.38. The first-order chi connectivity index (χ1) is 70.5. The molecule has 20 aliphatic carbocycles. The Labute approximate surface area is 871 Å². The van der Waals surface area contributed by atoms with Gasteiger partial charge in [-0.25, -0.2) is 35.9 Å². The van der Waals surface area contributed by atoms with E-state index in [1.807, 2.05) is 76.5 Å². The van der Waals surface area contributed by atoms with Gasteiger partial charge < -0.3 is 54.8 Å². The van der Waals surface area contributed by atoms with Gasteiger partial charge in [0.15, 0.2) is 0 Å². The molecule has 6 unspecified atom stereocenters. The van der Waals surface area contributed by atoms with Gasteiger partial charge in [0.05, 0.1) is 43.7 Å². The third-order valence-electron chi connectivity index (χ3n) is 43.8. The van der Waals surface area contributed by atoms with Crippen LogP contribution in [0.4, 0.5) is 22.8 Å². The number of hydrogen-bond donors (Lipinski definition) is 5. The summed E-state index contributed by atoms with van der Waals surface area (Å²) in [4.78, 5) is 136. The lowest BCUT2D eigenvalue weighted by Crippen LogP contribution is -2.64. The average molecular weight is 2050 g/mol. The Bertz CT molecular complexity index is 5700. The molecule has 25 aliphatic rings. The molecule has 20 bridgehead atoms. The van der Waals surface area contributed by atoms with Gasteiger partial charge in [-0.2, -0.15) is 0 Å². The van der Waals surface area contributed by atoms with Crippen molar-refractivity contribution in [2.24, 2.45) is 140 Å². The highest BCUT2D eigenvalue weighted by Gasteiger charge is 2.70. The lowest BCUT2D eigenvalue weighted by molar-refractivity contribution is -0.162. The standard InChI is InChI=1S/C25H31FN2O4.C25H34N2O3.C24H34N2O3S.2C23H28FNO3/c1-15(29)24-9-16-7-18(10-24)25(19(8-16)11-24,17-3-5-20(26)6-4-17)12-22(30)28-13-21(14-28)27-23(31)32-2;1-16-18-8-20-10-19(16)11-21(9-18)25(20,2)12-23(28)27-13-22(14-27)26-24(29)30-15-17-6-4-3-5-7-17;1-16-18-8-20-10-19(16)11-21(9-18)24(20,12-17-6-4-3-5-7-17)13-23(27)26-14-22(15-26)25-30(2,28)29;2*1-14(26)22-8-15-6-17(9-22)23(18(7-15)10-22,16-2-4-19(24)5-3-16)11-21(28)25-12-20(27)13-25/h3-6,16,18-19,21H,7-14H2,1-2H3,(H,27,31);3-7,16,18-22H,8-15H2,1-2H3,(H,26,29);3-7,16,18-22,25H,8-15H2,1-2H3;2*2-5,15,17-18,20,27H,6-13H2,1H3. The predicted molar refractivity (Wildman–Crippen MR) is 551 cm³/mol. The van der Waals surface area contributed by atoms with E-state index in [1.165, 1.54) is 107 Å². The molecule has 30 rings (SSSR count). The number of methoxy groups -OCH3 is 1. The molecule has 5 saturated heterocycles. The number of hydrogen-bond acceptors (Lipinski definition) is 16. The number of aliphatic hydroxyl groups excluding tert-OH is 2. The Morgan fingerprint density at radius 3 is 0.966 bits per heavy atom. The SMILES string of the molecule is CC(=O)C12CC3CC(C1)C(CC(=O)N1CC(O)C1)(c1ccc(F)cc1)C(C3)C2.CC(=O)C12CC3CC(C1)C(CC(=O)N1CC(O)C1)(c1ccc(F)cc1)C(C3)C2.CC1C2CC3CC1CC(C2)C3(C)CC(=O)N1CC(NC(=O)OCc2ccccc2)C1.CC1C2CC3CC1CC(C2)C3(CC(=O)N1CC(NS(C)(=O)=O)C1)Cc1ccccc1.COC(=O)NC1CN(C(=O)CC2(c3ccc(F)cc3)C3CC4CC2CC(C(C)=O)(C4)C3)C1. The third-order valence-corrected chi connectivity index (χ3v) is 44.5. The quantitative estimate of drug-likeness (QED) is 0.0383. The van der Waals surface area contributed by atoms with Gasteiger partial charge in [0, 0.05) is 130 Å². The second-order valence-corrected chi connectivity index (χ2v) is 53.3. The minimum atomic E-state index is -3.22. The van der Waals surface area contributed by atoms with Crippen molar-refractivity contribution in [1.82, 2.24) is 39.9 Å². The number of ether oxygens (including phenoxy) is 2. The second-order valence-electron chi connectivity index (χ2n) is 51.5. The molecule has 7 amide bonds. The Kier molecular flexibility index (Phi) is 28.4. The number of β-amino-alcohol motifs (C(OH)–C–C–N with tert-alkyl or cyclic N) is 2. The number of nitrogens with zero attached hydrogens (tertiary/aromatic N) is 5. The lowest BCUT2D eigenvalue weighted by atomic mass is 9.38. The van der Waals surface area contributed by atoms with Crippen LogP contribution in [0.15, 0.2) is 133 Å². The van der Waals surface area contributed by atoms with E-state index in [9.17, 15) is 79.7 Å². The van der Waals surface area contributed by atoms with E-state index in [2.05, 4.69) is 71.2 Å². The molecule has 6 atom stereocenters. The fourth-order valence-corrected chi connectivity index (χ4v) is 37.0. The molecule has 0 radical (unpaired) electrons. The van der Waals surface area contributed by atoms with Crippen molar-refractivity contribution in [3.8, 4) is 0 Å².